The van der Waals surface area contributed by atoms with Crippen LogP contribution >= 0.6 is 24.8 Å². The highest BCUT2D eigenvalue weighted by Crippen LogP contribution is 2.18. The predicted octanol–water partition coefficient (Wildman–Crippen LogP) is 1.56. The molecule has 7 nitrogen and oxygen atoms in total. The number of carbonyl (C=O) groups is 2. The molecule has 1 aliphatic heterocycles. The minimum Gasteiger partial charge on any atom is -0.357 e. The average Bonchev–Trinajstić information content (AvgIpc) is 3.07. The summed E-state index contributed by atoms with van der Waals surface area (Å²) in [6.07, 6.45) is 4.02. The second-order valence-electron chi connectivity index (χ2n) is 6.14. The number of hydrogen-bond acceptors (Lipinski definition) is 5. The Morgan fingerprint density at radius 2 is 1.88 bits per heavy atom. The van der Waals surface area contributed by atoms with E-state index in [1.54, 1.807) is 6.20 Å². The fraction of sp³-hybridized carbons (Fsp3) is 0.562. The maximum atomic E-state index is 11.8. The molecule has 0 aromatic carbocycles. The van der Waals surface area contributed by atoms with Crippen molar-refractivity contribution in [3.8, 4) is 0 Å². The largest absolute Gasteiger partial charge is 0.357 e. The van der Waals surface area contributed by atoms with Crippen LogP contribution in [0.25, 0.3) is 0 Å². The highest BCUT2D eigenvalue weighted by molar-refractivity contribution is 5.95. The van der Waals surface area contributed by atoms with E-state index in [1.807, 2.05) is 26.0 Å². The molecule has 1 aliphatic rings. The van der Waals surface area contributed by atoms with Crippen molar-refractivity contribution in [3.05, 3.63) is 18.3 Å². The zero-order chi connectivity index (χ0) is 16.8. The topological polar surface area (TPSA) is 100 Å². The fourth-order valence-corrected chi connectivity index (χ4v) is 2.39. The standard InChI is InChI=1S/C16H25N5O2.2ClH/c1-11(2)15(17)16(23)19-10-14(22)20-12-5-6-13(18-9-12)21-7-3-4-8-21;;/h5-6,9,11,15H,3-4,7-8,10,17H2,1-2H3,(H,19,23)(H,20,22);2*1H/t15-;;/m0../s1. The molecule has 2 heterocycles. The van der Waals surface area contributed by atoms with E-state index in [9.17, 15) is 9.59 Å². The first-order valence-electron chi connectivity index (χ1n) is 8.01. The van der Waals surface area contributed by atoms with Crippen molar-refractivity contribution in [1.29, 1.82) is 0 Å². The van der Waals surface area contributed by atoms with E-state index in [0.717, 1.165) is 18.9 Å². The molecule has 0 saturated carbocycles. The molecule has 1 atom stereocenters. The van der Waals surface area contributed by atoms with Gasteiger partial charge in [-0.2, -0.15) is 0 Å². The van der Waals surface area contributed by atoms with Gasteiger partial charge in [0, 0.05) is 13.1 Å². The number of nitrogens with two attached hydrogens (primary N) is 1. The van der Waals surface area contributed by atoms with Gasteiger partial charge >= 0.3 is 0 Å². The number of pyridine rings is 1. The zero-order valence-corrected chi connectivity index (χ0v) is 16.2. The maximum absolute atomic E-state index is 11.8. The SMILES string of the molecule is CC(C)[C@H](N)C(=O)NCC(=O)Nc1ccc(N2CCCC2)nc1.Cl.Cl. The molecule has 0 aliphatic carbocycles. The van der Waals surface area contributed by atoms with Gasteiger partial charge in [0.1, 0.15) is 5.82 Å². The summed E-state index contributed by atoms with van der Waals surface area (Å²) in [5.74, 6) is 0.333. The molecule has 0 unspecified atom stereocenters. The van der Waals surface area contributed by atoms with Crippen LogP contribution in [0.1, 0.15) is 26.7 Å². The Bertz CT molecular complexity index is 548. The molecule has 1 aromatic heterocycles. The Morgan fingerprint density at radius 1 is 1.24 bits per heavy atom. The number of rotatable bonds is 6. The van der Waals surface area contributed by atoms with Gasteiger partial charge in [-0.05, 0) is 30.9 Å². The van der Waals surface area contributed by atoms with Crippen molar-refractivity contribution < 1.29 is 9.59 Å². The van der Waals surface area contributed by atoms with Crippen LogP contribution in [-0.4, -0.2) is 42.5 Å². The number of amides is 2. The molecular weight excluding hydrogens is 365 g/mol. The average molecular weight is 392 g/mol. The van der Waals surface area contributed by atoms with Crippen LogP contribution in [-0.2, 0) is 9.59 Å². The third-order valence-electron chi connectivity index (χ3n) is 3.91. The van der Waals surface area contributed by atoms with E-state index >= 15 is 0 Å². The third-order valence-corrected chi connectivity index (χ3v) is 3.91. The Morgan fingerprint density at radius 3 is 2.40 bits per heavy atom. The van der Waals surface area contributed by atoms with Crippen LogP contribution in [0.4, 0.5) is 11.5 Å². The van der Waals surface area contributed by atoms with Gasteiger partial charge in [0.25, 0.3) is 0 Å². The second-order valence-corrected chi connectivity index (χ2v) is 6.14. The number of nitrogens with zero attached hydrogens (tertiary/aromatic N) is 2. The molecule has 4 N–H and O–H groups in total. The summed E-state index contributed by atoms with van der Waals surface area (Å²) >= 11 is 0. The van der Waals surface area contributed by atoms with Crippen LogP contribution in [0, 0.1) is 5.92 Å². The molecule has 1 aromatic rings. The number of aromatic nitrogens is 1. The van der Waals surface area contributed by atoms with Crippen LogP contribution in [0.2, 0.25) is 0 Å². The van der Waals surface area contributed by atoms with Gasteiger partial charge in [-0.15, -0.1) is 24.8 Å². The van der Waals surface area contributed by atoms with Crippen LogP contribution in [0.15, 0.2) is 18.3 Å². The van der Waals surface area contributed by atoms with Gasteiger partial charge in [0.05, 0.1) is 24.5 Å². The maximum Gasteiger partial charge on any atom is 0.243 e. The number of nitrogens with one attached hydrogen (secondary N) is 2. The summed E-state index contributed by atoms with van der Waals surface area (Å²) in [5.41, 5.74) is 6.33. The molecule has 0 radical (unpaired) electrons. The van der Waals surface area contributed by atoms with Crippen molar-refractivity contribution in [2.24, 2.45) is 11.7 Å². The molecule has 2 rings (SSSR count). The minimum absolute atomic E-state index is 0. The summed E-state index contributed by atoms with van der Waals surface area (Å²) < 4.78 is 0. The quantitative estimate of drug-likeness (QED) is 0.682. The van der Waals surface area contributed by atoms with Gasteiger partial charge in [0.2, 0.25) is 11.8 Å². The van der Waals surface area contributed by atoms with E-state index in [4.69, 9.17) is 5.73 Å². The molecular formula is C16H27Cl2N5O2. The highest BCUT2D eigenvalue weighted by Gasteiger charge is 2.18. The van der Waals surface area contributed by atoms with Crippen LogP contribution < -0.4 is 21.3 Å². The van der Waals surface area contributed by atoms with Gasteiger partial charge in [-0.25, -0.2) is 4.98 Å². The van der Waals surface area contributed by atoms with E-state index in [2.05, 4.69) is 20.5 Å². The van der Waals surface area contributed by atoms with Crippen molar-refractivity contribution in [3.63, 3.8) is 0 Å². The second kappa shape index (κ2) is 11.1. The van der Waals surface area contributed by atoms with E-state index in [-0.39, 0.29) is 49.1 Å². The van der Waals surface area contributed by atoms with Gasteiger partial charge in [-0.3, -0.25) is 9.59 Å². The first kappa shape index (κ1) is 23.4. The zero-order valence-electron chi connectivity index (χ0n) is 14.5. The Balaban J connectivity index is 0.00000288. The molecule has 25 heavy (non-hydrogen) atoms. The van der Waals surface area contributed by atoms with Crippen molar-refractivity contribution in [1.82, 2.24) is 10.3 Å². The summed E-state index contributed by atoms with van der Waals surface area (Å²) in [6.45, 7) is 5.67. The molecule has 1 fully saturated rings. The third kappa shape index (κ3) is 7.05. The summed E-state index contributed by atoms with van der Waals surface area (Å²) in [6, 6.07) is 3.11. The first-order valence-corrected chi connectivity index (χ1v) is 8.01. The fourth-order valence-electron chi connectivity index (χ4n) is 2.39. The van der Waals surface area contributed by atoms with Crippen molar-refractivity contribution in [2.45, 2.75) is 32.7 Å². The number of hydrogen-bond donors (Lipinski definition) is 3. The molecule has 0 bridgehead atoms. The van der Waals surface area contributed by atoms with E-state index in [1.165, 1.54) is 12.8 Å². The summed E-state index contributed by atoms with van der Waals surface area (Å²) in [4.78, 5) is 30.1. The lowest BCUT2D eigenvalue weighted by Crippen LogP contribution is -2.46. The molecule has 0 spiro atoms. The number of halogens is 2. The van der Waals surface area contributed by atoms with Crippen molar-refractivity contribution >= 4 is 48.1 Å². The smallest absolute Gasteiger partial charge is 0.243 e. The Labute approximate surface area is 160 Å². The highest BCUT2D eigenvalue weighted by atomic mass is 35.5. The monoisotopic (exact) mass is 391 g/mol. The Kier molecular flexibility index (Phi) is 10.4. The van der Waals surface area contributed by atoms with Crippen LogP contribution in [0.5, 0.6) is 0 Å². The van der Waals surface area contributed by atoms with Gasteiger partial charge < -0.3 is 21.3 Å². The number of carbonyl (C=O) groups excluding carboxylic acids is 2. The normalized spacial score (nSPS) is 14.3. The first-order chi connectivity index (χ1) is 11.0. The molecule has 142 valence electrons. The van der Waals surface area contributed by atoms with Crippen molar-refractivity contribution in [2.75, 3.05) is 29.9 Å². The van der Waals surface area contributed by atoms with Gasteiger partial charge in [-0.1, -0.05) is 13.8 Å². The minimum atomic E-state index is -0.607. The van der Waals surface area contributed by atoms with Crippen LogP contribution in [0.3, 0.4) is 0 Å². The summed E-state index contributed by atoms with van der Waals surface area (Å²) in [7, 11) is 0. The molecule has 9 heteroatoms. The Hall–Kier alpha value is -1.57. The van der Waals surface area contributed by atoms with E-state index in [0.29, 0.717) is 5.69 Å². The lowest BCUT2D eigenvalue weighted by Gasteiger charge is -2.17. The van der Waals surface area contributed by atoms with Gasteiger partial charge in [0.15, 0.2) is 0 Å². The van der Waals surface area contributed by atoms with E-state index < -0.39 is 6.04 Å². The number of anilines is 2. The molecule has 1 saturated heterocycles. The lowest BCUT2D eigenvalue weighted by molar-refractivity contribution is -0.125. The summed E-state index contributed by atoms with van der Waals surface area (Å²) in [5, 5.41) is 5.24. The lowest BCUT2D eigenvalue weighted by atomic mass is 10.1. The molecule has 2 amide bonds. The predicted molar refractivity (Wildman–Crippen MR) is 105 cm³/mol.